The van der Waals surface area contributed by atoms with E-state index in [1.165, 1.54) is 4.90 Å². The Labute approximate surface area is 111 Å². The molecule has 19 heavy (non-hydrogen) atoms. The van der Waals surface area contributed by atoms with Crippen LogP contribution in [0.3, 0.4) is 0 Å². The first-order chi connectivity index (χ1) is 9.00. The Morgan fingerprint density at radius 1 is 1.26 bits per heavy atom. The van der Waals surface area contributed by atoms with E-state index in [9.17, 15) is 23.7 Å². The molecule has 1 aliphatic heterocycles. The van der Waals surface area contributed by atoms with E-state index < -0.39 is 33.7 Å². The molecule has 8 heteroatoms. The number of hydrogen-bond donors (Lipinski definition) is 0. The Balaban J connectivity index is 2.39. The molecular formula is C11H10F2N2O3S. The van der Waals surface area contributed by atoms with Crippen molar-refractivity contribution in [3.8, 4) is 0 Å². The van der Waals surface area contributed by atoms with E-state index in [-0.39, 0.29) is 0 Å². The zero-order valence-corrected chi connectivity index (χ0v) is 10.6. The lowest BCUT2D eigenvalue weighted by molar-refractivity contribution is -0.385. The second kappa shape index (κ2) is 5.52. The average Bonchev–Trinajstić information content (AvgIpc) is 2.41. The van der Waals surface area contributed by atoms with Gasteiger partial charge in [0.2, 0.25) is 0 Å². The van der Waals surface area contributed by atoms with Crippen molar-refractivity contribution in [2.24, 2.45) is 0 Å². The van der Waals surface area contributed by atoms with E-state index in [2.05, 4.69) is 0 Å². The fraction of sp³-hybridized carbons (Fsp3) is 0.364. The molecule has 0 atom stereocenters. The molecule has 5 nitrogen and oxygen atoms in total. The highest BCUT2D eigenvalue weighted by Gasteiger charge is 2.28. The lowest BCUT2D eigenvalue weighted by Gasteiger charge is -2.26. The summed E-state index contributed by atoms with van der Waals surface area (Å²) in [6.45, 7) is 0.888. The van der Waals surface area contributed by atoms with E-state index in [1.54, 1.807) is 11.8 Å². The third-order valence-corrected chi connectivity index (χ3v) is 3.71. The average molecular weight is 288 g/mol. The van der Waals surface area contributed by atoms with Crippen LogP contribution in [0.1, 0.15) is 10.4 Å². The first kappa shape index (κ1) is 13.7. The van der Waals surface area contributed by atoms with E-state index in [1.807, 2.05) is 0 Å². The minimum Gasteiger partial charge on any atom is -0.337 e. The van der Waals surface area contributed by atoms with Crippen LogP contribution in [-0.2, 0) is 0 Å². The highest BCUT2D eigenvalue weighted by atomic mass is 32.2. The fourth-order valence-corrected chi connectivity index (χ4v) is 2.70. The SMILES string of the molecule is O=C(c1cc(F)c(F)cc1[N+](=O)[O-])N1CCSCC1. The van der Waals surface area contributed by atoms with Crippen molar-refractivity contribution in [2.45, 2.75) is 0 Å². The van der Waals surface area contributed by atoms with Crippen LogP contribution in [0.25, 0.3) is 0 Å². The maximum Gasteiger partial charge on any atom is 0.285 e. The maximum absolute atomic E-state index is 13.2. The molecule has 1 aromatic carbocycles. The summed E-state index contributed by atoms with van der Waals surface area (Å²) in [5.41, 5.74) is -1.11. The molecule has 0 radical (unpaired) electrons. The Kier molecular flexibility index (Phi) is 3.98. The van der Waals surface area contributed by atoms with Crippen molar-refractivity contribution >= 4 is 23.4 Å². The summed E-state index contributed by atoms with van der Waals surface area (Å²) < 4.78 is 26.2. The largest absolute Gasteiger partial charge is 0.337 e. The quantitative estimate of drug-likeness (QED) is 0.617. The van der Waals surface area contributed by atoms with Gasteiger partial charge in [-0.2, -0.15) is 11.8 Å². The topological polar surface area (TPSA) is 63.4 Å². The molecule has 0 aliphatic carbocycles. The molecule has 1 amide bonds. The van der Waals surface area contributed by atoms with Gasteiger partial charge in [0.05, 0.1) is 11.0 Å². The molecule has 0 bridgehead atoms. The number of rotatable bonds is 2. The number of thioether (sulfide) groups is 1. The van der Waals surface area contributed by atoms with Crippen molar-refractivity contribution < 1.29 is 18.5 Å². The molecule has 1 fully saturated rings. The Morgan fingerprint density at radius 3 is 2.42 bits per heavy atom. The second-order valence-corrected chi connectivity index (χ2v) is 5.17. The van der Waals surface area contributed by atoms with Crippen LogP contribution >= 0.6 is 11.8 Å². The van der Waals surface area contributed by atoms with Gasteiger partial charge in [-0.1, -0.05) is 0 Å². The van der Waals surface area contributed by atoms with Crippen LogP contribution in [0.5, 0.6) is 0 Å². The minimum atomic E-state index is -1.34. The molecule has 1 aromatic rings. The third-order valence-electron chi connectivity index (χ3n) is 2.76. The zero-order valence-electron chi connectivity index (χ0n) is 9.77. The number of nitro groups is 1. The highest BCUT2D eigenvalue weighted by molar-refractivity contribution is 7.99. The highest BCUT2D eigenvalue weighted by Crippen LogP contribution is 2.24. The summed E-state index contributed by atoms with van der Waals surface area (Å²) in [6, 6.07) is 1.04. The summed E-state index contributed by atoms with van der Waals surface area (Å²) in [7, 11) is 0. The van der Waals surface area contributed by atoms with Crippen molar-refractivity contribution in [3.63, 3.8) is 0 Å². The van der Waals surface area contributed by atoms with Crippen molar-refractivity contribution in [1.29, 1.82) is 0 Å². The first-order valence-electron chi connectivity index (χ1n) is 5.51. The lowest BCUT2D eigenvalue weighted by Crippen LogP contribution is -2.38. The summed E-state index contributed by atoms with van der Waals surface area (Å²) in [6.07, 6.45) is 0. The number of hydrogen-bond acceptors (Lipinski definition) is 4. The van der Waals surface area contributed by atoms with Gasteiger partial charge in [-0.3, -0.25) is 14.9 Å². The summed E-state index contributed by atoms with van der Waals surface area (Å²) >= 11 is 1.67. The summed E-state index contributed by atoms with van der Waals surface area (Å²) in [4.78, 5) is 23.5. The minimum absolute atomic E-state index is 0.407. The van der Waals surface area contributed by atoms with E-state index in [0.717, 1.165) is 11.5 Å². The van der Waals surface area contributed by atoms with Gasteiger partial charge in [-0.05, 0) is 6.07 Å². The van der Waals surface area contributed by atoms with Crippen molar-refractivity contribution in [2.75, 3.05) is 24.6 Å². The van der Waals surface area contributed by atoms with Gasteiger partial charge in [-0.15, -0.1) is 0 Å². The molecule has 1 heterocycles. The molecule has 0 N–H and O–H groups in total. The predicted molar refractivity (Wildman–Crippen MR) is 66.2 cm³/mol. The van der Waals surface area contributed by atoms with Gasteiger partial charge in [0.25, 0.3) is 11.6 Å². The molecule has 0 unspecified atom stereocenters. The van der Waals surface area contributed by atoms with Gasteiger partial charge in [0.15, 0.2) is 11.6 Å². The second-order valence-electron chi connectivity index (χ2n) is 3.95. The normalized spacial score (nSPS) is 15.4. The lowest BCUT2D eigenvalue weighted by atomic mass is 10.1. The molecule has 0 saturated carbocycles. The smallest absolute Gasteiger partial charge is 0.285 e. The standard InChI is InChI=1S/C11H10F2N2O3S/c12-8-5-7(10(15(17)18)6-9(8)13)11(16)14-1-3-19-4-2-14/h5-6H,1-4H2. The van der Waals surface area contributed by atoms with Crippen LogP contribution in [-0.4, -0.2) is 40.3 Å². The molecule has 1 saturated heterocycles. The van der Waals surface area contributed by atoms with Crippen LogP contribution in [0, 0.1) is 21.7 Å². The molecule has 102 valence electrons. The number of benzene rings is 1. The van der Waals surface area contributed by atoms with Gasteiger partial charge in [-0.25, -0.2) is 8.78 Å². The van der Waals surface area contributed by atoms with E-state index in [4.69, 9.17) is 0 Å². The predicted octanol–water partition coefficient (Wildman–Crippen LogP) is 2.06. The number of halogens is 2. The molecule has 0 spiro atoms. The van der Waals surface area contributed by atoms with Gasteiger partial charge >= 0.3 is 0 Å². The van der Waals surface area contributed by atoms with Gasteiger partial charge in [0.1, 0.15) is 5.56 Å². The van der Waals surface area contributed by atoms with Gasteiger partial charge in [0, 0.05) is 24.6 Å². The van der Waals surface area contributed by atoms with Crippen LogP contribution in [0.15, 0.2) is 12.1 Å². The number of amides is 1. The number of nitrogens with zero attached hydrogens (tertiary/aromatic N) is 2. The van der Waals surface area contributed by atoms with Crippen LogP contribution in [0.4, 0.5) is 14.5 Å². The monoisotopic (exact) mass is 288 g/mol. The van der Waals surface area contributed by atoms with Crippen LogP contribution < -0.4 is 0 Å². The van der Waals surface area contributed by atoms with E-state index >= 15 is 0 Å². The Hall–Kier alpha value is -1.70. The summed E-state index contributed by atoms with van der Waals surface area (Å²) in [5.74, 6) is -1.78. The molecule has 0 aromatic heterocycles. The summed E-state index contributed by atoms with van der Waals surface area (Å²) in [5, 5.41) is 10.8. The van der Waals surface area contributed by atoms with Crippen LogP contribution in [0.2, 0.25) is 0 Å². The Morgan fingerprint density at radius 2 is 1.84 bits per heavy atom. The molecular weight excluding hydrogens is 278 g/mol. The van der Waals surface area contributed by atoms with Crippen molar-refractivity contribution in [1.82, 2.24) is 4.90 Å². The molecule has 2 rings (SSSR count). The zero-order chi connectivity index (χ0) is 14.0. The van der Waals surface area contributed by atoms with Gasteiger partial charge < -0.3 is 4.90 Å². The maximum atomic E-state index is 13.2. The number of carbonyl (C=O) groups is 1. The number of carbonyl (C=O) groups excluding carboxylic acids is 1. The fourth-order valence-electron chi connectivity index (χ4n) is 1.80. The van der Waals surface area contributed by atoms with Crippen molar-refractivity contribution in [3.05, 3.63) is 39.4 Å². The first-order valence-corrected chi connectivity index (χ1v) is 6.66. The third kappa shape index (κ3) is 2.83. The Bertz CT molecular complexity index is 533. The molecule has 1 aliphatic rings. The van der Waals surface area contributed by atoms with E-state index in [0.29, 0.717) is 25.2 Å². The number of nitro benzene ring substituents is 1.